The van der Waals surface area contributed by atoms with Crippen molar-refractivity contribution in [1.82, 2.24) is 9.21 Å². The Bertz CT molecular complexity index is 355. The lowest BCUT2D eigenvalue weighted by Crippen LogP contribution is -2.33. The van der Waals surface area contributed by atoms with E-state index in [2.05, 4.69) is 0 Å². The average molecular weight is 250 g/mol. The van der Waals surface area contributed by atoms with Crippen LogP contribution in [-0.4, -0.2) is 62.8 Å². The third kappa shape index (κ3) is 3.34. The summed E-state index contributed by atoms with van der Waals surface area (Å²) in [7, 11) is -1.52. The highest BCUT2D eigenvalue weighted by molar-refractivity contribution is 7.88. The molecule has 0 N–H and O–H groups in total. The summed E-state index contributed by atoms with van der Waals surface area (Å²) in [6, 6.07) is 0. The molecule has 16 heavy (non-hydrogen) atoms. The van der Waals surface area contributed by atoms with Crippen LogP contribution in [0.3, 0.4) is 0 Å². The van der Waals surface area contributed by atoms with E-state index in [1.165, 1.54) is 9.21 Å². The minimum absolute atomic E-state index is 0.266. The first-order valence-electron chi connectivity index (χ1n) is 5.21. The highest BCUT2D eigenvalue weighted by Crippen LogP contribution is 2.16. The van der Waals surface area contributed by atoms with Crippen LogP contribution < -0.4 is 0 Å². The lowest BCUT2D eigenvalue weighted by Gasteiger charge is -2.18. The molecule has 1 atom stereocenters. The minimum atomic E-state index is -3.17. The van der Waals surface area contributed by atoms with E-state index < -0.39 is 16.1 Å². The zero-order chi connectivity index (χ0) is 12.3. The minimum Gasteiger partial charge on any atom is -0.445 e. The maximum atomic E-state index is 11.4. The number of carbonyl (C=O) groups is 1. The predicted molar refractivity (Wildman–Crippen MR) is 59.6 cm³/mol. The summed E-state index contributed by atoms with van der Waals surface area (Å²) in [5.41, 5.74) is 0. The fraction of sp³-hybridized carbons (Fsp3) is 0.889. The van der Waals surface area contributed by atoms with Gasteiger partial charge in [-0.3, -0.25) is 0 Å². The van der Waals surface area contributed by atoms with Crippen molar-refractivity contribution in [3.63, 3.8) is 0 Å². The van der Waals surface area contributed by atoms with E-state index in [1.807, 2.05) is 6.92 Å². The summed E-state index contributed by atoms with van der Waals surface area (Å²) >= 11 is 0. The highest BCUT2D eigenvalue weighted by Gasteiger charge is 2.31. The van der Waals surface area contributed by atoms with Crippen molar-refractivity contribution in [2.75, 3.05) is 32.9 Å². The predicted octanol–water partition coefficient (Wildman–Crippen LogP) is 0.109. The Morgan fingerprint density at radius 1 is 1.56 bits per heavy atom. The number of hydrogen-bond acceptors (Lipinski definition) is 4. The van der Waals surface area contributed by atoms with Crippen molar-refractivity contribution in [3.05, 3.63) is 0 Å². The molecule has 0 saturated carbocycles. The van der Waals surface area contributed by atoms with E-state index >= 15 is 0 Å². The van der Waals surface area contributed by atoms with Crippen molar-refractivity contribution in [2.24, 2.45) is 0 Å². The molecule has 7 heteroatoms. The Morgan fingerprint density at radius 2 is 2.19 bits per heavy atom. The third-order valence-corrected chi connectivity index (χ3v) is 3.90. The molecule has 1 saturated heterocycles. The van der Waals surface area contributed by atoms with Gasteiger partial charge in [-0.25, -0.2) is 13.2 Å². The van der Waals surface area contributed by atoms with E-state index in [9.17, 15) is 13.2 Å². The number of carbonyl (C=O) groups excluding carboxylic acids is 1. The first kappa shape index (κ1) is 13.2. The van der Waals surface area contributed by atoms with Gasteiger partial charge in [0.2, 0.25) is 10.0 Å². The fourth-order valence-corrected chi connectivity index (χ4v) is 2.33. The Labute approximate surface area is 96.2 Å². The van der Waals surface area contributed by atoms with Gasteiger partial charge < -0.3 is 9.64 Å². The molecule has 1 aliphatic rings. The molecule has 1 fully saturated rings. The molecule has 0 radical (unpaired) electrons. The topological polar surface area (TPSA) is 66.9 Å². The molecule has 0 spiro atoms. The fourth-order valence-electron chi connectivity index (χ4n) is 1.46. The van der Waals surface area contributed by atoms with Gasteiger partial charge in [-0.05, 0) is 13.3 Å². The van der Waals surface area contributed by atoms with Gasteiger partial charge in [-0.2, -0.15) is 4.31 Å². The smallest absolute Gasteiger partial charge is 0.409 e. The first-order valence-corrected chi connectivity index (χ1v) is 7.06. The van der Waals surface area contributed by atoms with Crippen LogP contribution in [0.25, 0.3) is 0 Å². The Morgan fingerprint density at radius 3 is 2.62 bits per heavy atom. The summed E-state index contributed by atoms with van der Waals surface area (Å²) < 4.78 is 29.0. The maximum absolute atomic E-state index is 11.4. The van der Waals surface area contributed by atoms with Gasteiger partial charge >= 0.3 is 6.09 Å². The number of amides is 1. The van der Waals surface area contributed by atoms with Crippen LogP contribution in [0.15, 0.2) is 0 Å². The van der Waals surface area contributed by atoms with Crippen molar-refractivity contribution in [3.8, 4) is 0 Å². The molecule has 6 nitrogen and oxygen atoms in total. The lowest BCUT2D eigenvalue weighted by atomic mass is 10.3. The molecular weight excluding hydrogens is 232 g/mol. The number of hydrogen-bond donors (Lipinski definition) is 0. The molecule has 1 rings (SSSR count). The van der Waals surface area contributed by atoms with Crippen LogP contribution in [0.5, 0.6) is 0 Å². The second-order valence-corrected chi connectivity index (χ2v) is 5.91. The standard InChI is InChI=1S/C9H18N2O4S/c1-4-10(2)9(12)15-8-5-6-11(7-8)16(3,13)14/h8H,4-7H2,1-3H3. The van der Waals surface area contributed by atoms with Gasteiger partial charge in [0.1, 0.15) is 6.10 Å². The van der Waals surface area contributed by atoms with E-state index in [-0.39, 0.29) is 12.6 Å². The van der Waals surface area contributed by atoms with Gasteiger partial charge in [-0.1, -0.05) is 0 Å². The maximum Gasteiger partial charge on any atom is 0.409 e. The average Bonchev–Trinajstić information content (AvgIpc) is 2.64. The van der Waals surface area contributed by atoms with Crippen LogP contribution in [0, 0.1) is 0 Å². The van der Waals surface area contributed by atoms with Gasteiger partial charge in [0.15, 0.2) is 0 Å². The van der Waals surface area contributed by atoms with E-state index in [4.69, 9.17) is 4.74 Å². The molecule has 1 aliphatic heterocycles. The van der Waals surface area contributed by atoms with E-state index in [0.717, 1.165) is 6.26 Å². The van der Waals surface area contributed by atoms with Crippen molar-refractivity contribution < 1.29 is 17.9 Å². The number of nitrogens with zero attached hydrogens (tertiary/aromatic N) is 2. The second kappa shape index (κ2) is 5.01. The molecule has 0 aromatic heterocycles. The van der Waals surface area contributed by atoms with Crippen molar-refractivity contribution in [1.29, 1.82) is 0 Å². The zero-order valence-electron chi connectivity index (χ0n) is 9.84. The molecule has 0 aromatic rings. The summed E-state index contributed by atoms with van der Waals surface area (Å²) in [4.78, 5) is 12.9. The number of ether oxygens (including phenoxy) is 1. The van der Waals surface area contributed by atoms with E-state index in [0.29, 0.717) is 19.5 Å². The third-order valence-electron chi connectivity index (χ3n) is 2.63. The molecule has 94 valence electrons. The van der Waals surface area contributed by atoms with Crippen LogP contribution in [-0.2, 0) is 14.8 Å². The molecule has 0 aromatic carbocycles. The molecule has 0 bridgehead atoms. The normalized spacial score (nSPS) is 22.1. The second-order valence-electron chi connectivity index (χ2n) is 3.93. The Kier molecular flexibility index (Phi) is 4.15. The highest BCUT2D eigenvalue weighted by atomic mass is 32.2. The van der Waals surface area contributed by atoms with Crippen LogP contribution in [0.4, 0.5) is 4.79 Å². The Hall–Kier alpha value is -0.820. The van der Waals surface area contributed by atoms with Gasteiger partial charge in [0.05, 0.1) is 12.8 Å². The molecule has 1 unspecified atom stereocenters. The summed E-state index contributed by atoms with van der Waals surface area (Å²) in [5.74, 6) is 0. The first-order chi connectivity index (χ1) is 7.34. The van der Waals surface area contributed by atoms with Crippen molar-refractivity contribution >= 4 is 16.1 Å². The van der Waals surface area contributed by atoms with Crippen LogP contribution >= 0.6 is 0 Å². The zero-order valence-corrected chi connectivity index (χ0v) is 10.7. The van der Waals surface area contributed by atoms with Gasteiger partial charge in [0, 0.05) is 20.1 Å². The molecule has 0 aliphatic carbocycles. The summed E-state index contributed by atoms with van der Waals surface area (Å²) in [6.07, 6.45) is 1.00. The molecular formula is C9H18N2O4S. The molecule has 1 amide bonds. The summed E-state index contributed by atoms with van der Waals surface area (Å²) in [6.45, 7) is 3.11. The largest absolute Gasteiger partial charge is 0.445 e. The molecule has 1 heterocycles. The Balaban J connectivity index is 2.46. The quantitative estimate of drug-likeness (QED) is 0.713. The number of sulfonamides is 1. The van der Waals surface area contributed by atoms with Gasteiger partial charge in [0.25, 0.3) is 0 Å². The van der Waals surface area contributed by atoms with E-state index in [1.54, 1.807) is 7.05 Å². The van der Waals surface area contributed by atoms with Gasteiger partial charge in [-0.15, -0.1) is 0 Å². The monoisotopic (exact) mass is 250 g/mol. The number of rotatable bonds is 3. The SMILES string of the molecule is CCN(C)C(=O)OC1CCN(S(C)(=O)=O)C1. The van der Waals surface area contributed by atoms with Crippen molar-refractivity contribution in [2.45, 2.75) is 19.4 Å². The lowest BCUT2D eigenvalue weighted by molar-refractivity contribution is 0.0764. The summed E-state index contributed by atoms with van der Waals surface area (Å²) in [5, 5.41) is 0. The van der Waals surface area contributed by atoms with Crippen LogP contribution in [0.2, 0.25) is 0 Å². The van der Waals surface area contributed by atoms with Crippen LogP contribution in [0.1, 0.15) is 13.3 Å².